The van der Waals surface area contributed by atoms with E-state index in [1.54, 1.807) is 7.11 Å². The van der Waals surface area contributed by atoms with Gasteiger partial charge in [0.05, 0.1) is 18.4 Å². The second-order valence-electron chi connectivity index (χ2n) is 8.00. The van der Waals surface area contributed by atoms with Crippen molar-refractivity contribution in [1.82, 2.24) is 10.2 Å². The van der Waals surface area contributed by atoms with Crippen LogP contribution >= 0.6 is 11.3 Å². The summed E-state index contributed by atoms with van der Waals surface area (Å²) in [6.07, 6.45) is -4.13. The second-order valence-corrected chi connectivity index (χ2v) is 8.88. The maximum atomic E-state index is 13.0. The summed E-state index contributed by atoms with van der Waals surface area (Å²) in [6.45, 7) is 4.32. The van der Waals surface area contributed by atoms with Crippen LogP contribution in [0.5, 0.6) is 5.75 Å². The fourth-order valence-corrected chi connectivity index (χ4v) is 4.83. The number of para-hydroxylation sites is 2. The van der Waals surface area contributed by atoms with Crippen LogP contribution in [0, 0.1) is 0 Å². The minimum Gasteiger partial charge on any atom is -0.495 e. The molecular formula is C24H26F3N3O6S. The number of carbonyl (C=O) groups excluding carboxylic acids is 1. The van der Waals surface area contributed by atoms with E-state index in [0.717, 1.165) is 55.5 Å². The van der Waals surface area contributed by atoms with E-state index in [2.05, 4.69) is 15.1 Å². The van der Waals surface area contributed by atoms with Gasteiger partial charge in [-0.1, -0.05) is 12.1 Å². The molecule has 0 atom stereocenters. The third-order valence-corrected chi connectivity index (χ3v) is 6.68. The summed E-state index contributed by atoms with van der Waals surface area (Å²) in [5.74, 6) is -1.13. The van der Waals surface area contributed by atoms with Crippen LogP contribution in [0.1, 0.15) is 22.5 Å². The number of benzene rings is 1. The molecule has 0 bridgehead atoms. The lowest BCUT2D eigenvalue weighted by molar-refractivity contribution is -0.152. The normalized spacial score (nSPS) is 14.1. The van der Waals surface area contributed by atoms with Gasteiger partial charge < -0.3 is 24.5 Å². The third kappa shape index (κ3) is 7.01. The Hall–Kier alpha value is -3.58. The highest BCUT2D eigenvalue weighted by Gasteiger charge is 2.35. The number of thiophene rings is 1. The van der Waals surface area contributed by atoms with Crippen molar-refractivity contribution < 1.29 is 37.0 Å². The summed E-state index contributed by atoms with van der Waals surface area (Å²) in [4.78, 5) is 37.4. The number of amides is 1. The topological polar surface area (TPSA) is 112 Å². The van der Waals surface area contributed by atoms with Gasteiger partial charge in [0.1, 0.15) is 10.4 Å². The van der Waals surface area contributed by atoms with E-state index in [4.69, 9.17) is 19.1 Å². The zero-order valence-electron chi connectivity index (χ0n) is 19.9. The molecule has 0 spiro atoms. The number of nitrogens with zero attached hydrogens (tertiary/aromatic N) is 2. The monoisotopic (exact) mass is 541 g/mol. The Bertz CT molecular complexity index is 1270. The molecule has 9 nitrogen and oxygen atoms in total. The van der Waals surface area contributed by atoms with Gasteiger partial charge in [-0.3, -0.25) is 19.3 Å². The highest BCUT2D eigenvalue weighted by molar-refractivity contribution is 7.17. The van der Waals surface area contributed by atoms with Gasteiger partial charge in [0.2, 0.25) is 11.2 Å². The van der Waals surface area contributed by atoms with Crippen molar-refractivity contribution in [2.75, 3.05) is 51.3 Å². The average molecular weight is 542 g/mol. The molecule has 2 aromatic heterocycles. The first-order valence-electron chi connectivity index (χ1n) is 11.3. The number of carbonyl (C=O) groups is 2. The molecule has 0 unspecified atom stereocenters. The van der Waals surface area contributed by atoms with Crippen LogP contribution in [0.2, 0.25) is 0 Å². The number of nitrogens with one attached hydrogen (secondary N) is 1. The Kier molecular flexibility index (Phi) is 9.53. The molecule has 2 N–H and O–H groups in total. The molecular weight excluding hydrogens is 515 g/mol. The number of ether oxygens (including phenoxy) is 1. The number of fused-ring (bicyclic) bond motifs is 1. The Morgan fingerprint density at radius 1 is 1.24 bits per heavy atom. The van der Waals surface area contributed by atoms with Gasteiger partial charge in [-0.05, 0) is 25.1 Å². The summed E-state index contributed by atoms with van der Waals surface area (Å²) in [6, 6.07) is 8.32. The maximum absolute atomic E-state index is 13.0. The third-order valence-electron chi connectivity index (χ3n) is 5.70. The number of carboxylic acid groups (broad SMARTS) is 1. The Balaban J connectivity index is 0.00000121. The van der Waals surface area contributed by atoms with Gasteiger partial charge in [0.15, 0.2) is 5.58 Å². The van der Waals surface area contributed by atoms with Crippen molar-refractivity contribution in [3.63, 3.8) is 0 Å². The molecule has 3 heterocycles. The molecule has 0 saturated carbocycles. The molecule has 1 aromatic carbocycles. The van der Waals surface area contributed by atoms with Crippen LogP contribution < -0.4 is 20.4 Å². The summed E-state index contributed by atoms with van der Waals surface area (Å²) in [7, 11) is 1.66. The first kappa shape index (κ1) is 28.0. The number of hydrogen-bond acceptors (Lipinski definition) is 8. The van der Waals surface area contributed by atoms with Crippen molar-refractivity contribution >= 4 is 39.7 Å². The van der Waals surface area contributed by atoms with Gasteiger partial charge in [0.25, 0.3) is 12.4 Å². The van der Waals surface area contributed by atoms with Crippen LogP contribution in [-0.4, -0.2) is 68.8 Å². The first-order valence-corrected chi connectivity index (χ1v) is 12.2. The first-order chi connectivity index (χ1) is 17.7. The van der Waals surface area contributed by atoms with Gasteiger partial charge in [-0.15, -0.1) is 11.3 Å². The molecule has 1 amide bonds. The minimum absolute atomic E-state index is 0.00827. The van der Waals surface area contributed by atoms with E-state index in [1.165, 1.54) is 5.38 Å². The van der Waals surface area contributed by atoms with Crippen LogP contribution in [0.15, 0.2) is 44.9 Å². The Morgan fingerprint density at radius 3 is 2.57 bits per heavy atom. The molecule has 37 heavy (non-hydrogen) atoms. The lowest BCUT2D eigenvalue weighted by Crippen LogP contribution is -2.47. The predicted octanol–water partition coefficient (Wildman–Crippen LogP) is 3.52. The molecule has 4 rings (SSSR count). The predicted molar refractivity (Wildman–Crippen MR) is 133 cm³/mol. The van der Waals surface area contributed by atoms with E-state index in [1.807, 2.05) is 24.3 Å². The largest absolute Gasteiger partial charge is 0.495 e. The van der Waals surface area contributed by atoms with Gasteiger partial charge in [-0.2, -0.15) is 13.2 Å². The standard InChI is InChI=1S/C23H24F3N3O4S.CH2O2/c1-32-18-6-3-2-5-16(18)29-11-9-28(10-12-29)8-4-7-27-22(31)15-14-34-21-17(30)13-19(23(24,25)26)33-20(15)21;2-1-3/h2-3,5-6,13-14H,4,7-12H2,1H3,(H,27,31);1H,(H,2,3). The number of methoxy groups -OCH3 is 1. The number of rotatable bonds is 7. The number of piperazine rings is 1. The average Bonchev–Trinajstić information content (AvgIpc) is 3.32. The lowest BCUT2D eigenvalue weighted by atomic mass is 10.2. The number of alkyl halides is 3. The number of hydrogen-bond donors (Lipinski definition) is 2. The van der Waals surface area contributed by atoms with Crippen LogP contribution in [-0.2, 0) is 11.0 Å². The molecule has 0 radical (unpaired) electrons. The van der Waals surface area contributed by atoms with Crippen LogP contribution in [0.25, 0.3) is 10.3 Å². The molecule has 0 aliphatic carbocycles. The smallest absolute Gasteiger partial charge is 0.449 e. The molecule has 1 aliphatic rings. The van der Waals surface area contributed by atoms with E-state index in [-0.39, 0.29) is 22.3 Å². The van der Waals surface area contributed by atoms with Crippen molar-refractivity contribution in [3.05, 3.63) is 57.3 Å². The Labute approximate surface area is 214 Å². The van der Waals surface area contributed by atoms with Crippen molar-refractivity contribution in [3.8, 4) is 5.75 Å². The van der Waals surface area contributed by atoms with Crippen molar-refractivity contribution in [2.24, 2.45) is 0 Å². The summed E-state index contributed by atoms with van der Waals surface area (Å²) >= 11 is 0.895. The van der Waals surface area contributed by atoms with Gasteiger partial charge in [-0.25, -0.2) is 0 Å². The zero-order valence-corrected chi connectivity index (χ0v) is 20.7. The van der Waals surface area contributed by atoms with Crippen molar-refractivity contribution in [2.45, 2.75) is 12.6 Å². The fourth-order valence-electron chi connectivity index (χ4n) is 3.94. The van der Waals surface area contributed by atoms with E-state index < -0.39 is 23.3 Å². The van der Waals surface area contributed by atoms with E-state index >= 15 is 0 Å². The van der Waals surface area contributed by atoms with Crippen LogP contribution in [0.3, 0.4) is 0 Å². The van der Waals surface area contributed by atoms with Crippen molar-refractivity contribution in [1.29, 1.82) is 0 Å². The number of anilines is 1. The van der Waals surface area contributed by atoms with Gasteiger partial charge in [0, 0.05) is 44.2 Å². The molecule has 3 aromatic rings. The van der Waals surface area contributed by atoms with Gasteiger partial charge >= 0.3 is 6.18 Å². The van der Waals surface area contributed by atoms with E-state index in [9.17, 15) is 22.8 Å². The SMILES string of the molecule is COc1ccccc1N1CCN(CCCNC(=O)c2csc3c(=O)cc(C(F)(F)F)oc23)CC1.O=CO. The maximum Gasteiger partial charge on any atom is 0.449 e. The quantitative estimate of drug-likeness (QED) is 0.345. The summed E-state index contributed by atoms with van der Waals surface area (Å²) in [5, 5.41) is 11.0. The lowest BCUT2D eigenvalue weighted by Gasteiger charge is -2.36. The molecule has 200 valence electrons. The molecule has 1 saturated heterocycles. The summed E-state index contributed by atoms with van der Waals surface area (Å²) in [5.41, 5.74) is -0.131. The minimum atomic E-state index is -4.81. The number of halogens is 3. The highest BCUT2D eigenvalue weighted by Crippen LogP contribution is 2.33. The van der Waals surface area contributed by atoms with E-state index in [0.29, 0.717) is 19.0 Å². The molecule has 1 aliphatic heterocycles. The zero-order chi connectivity index (χ0) is 27.0. The highest BCUT2D eigenvalue weighted by atomic mass is 32.1. The molecule has 13 heteroatoms. The summed E-state index contributed by atoms with van der Waals surface area (Å²) < 4.78 is 49.2. The Morgan fingerprint density at radius 2 is 1.92 bits per heavy atom. The second kappa shape index (κ2) is 12.6. The fraction of sp³-hybridized carbons (Fsp3) is 0.375. The van der Waals surface area contributed by atoms with Crippen LogP contribution in [0.4, 0.5) is 18.9 Å². The molecule has 1 fully saturated rings.